The predicted octanol–water partition coefficient (Wildman–Crippen LogP) is 4.67. The van der Waals surface area contributed by atoms with Gasteiger partial charge in [0.15, 0.2) is 0 Å². The molecule has 160 valence electrons. The Morgan fingerprint density at radius 1 is 0.931 bits per heavy atom. The van der Waals surface area contributed by atoms with Gasteiger partial charge in [0.1, 0.15) is 10.4 Å². The summed E-state index contributed by atoms with van der Waals surface area (Å²) >= 11 is 9.85. The first-order valence-electron chi connectivity index (χ1n) is 9.51. The molecule has 2 aliphatic rings. The monoisotopic (exact) mass is 592 g/mol. The molecule has 1 N–H and O–H groups in total. The van der Waals surface area contributed by atoms with Gasteiger partial charge in [0.05, 0.1) is 25.4 Å². The molecule has 9 heteroatoms. The van der Waals surface area contributed by atoms with E-state index in [2.05, 4.69) is 81.8 Å². The van der Waals surface area contributed by atoms with Crippen molar-refractivity contribution >= 4 is 53.6 Å². The lowest BCUT2D eigenvalue weighted by Gasteiger charge is -2.31. The maximum Gasteiger partial charge on any atom is 0.128 e. The van der Waals surface area contributed by atoms with E-state index >= 15 is 0 Å². The average molecular weight is 595 g/mol. The van der Waals surface area contributed by atoms with Crippen molar-refractivity contribution in [3.8, 4) is 0 Å². The molecule has 4 heterocycles. The quantitative estimate of drug-likeness (QED) is 0.484. The van der Waals surface area contributed by atoms with Gasteiger partial charge in [-0.1, -0.05) is 0 Å². The van der Waals surface area contributed by atoms with Crippen molar-refractivity contribution in [1.82, 2.24) is 15.3 Å². The van der Waals surface area contributed by atoms with Crippen LogP contribution in [0.1, 0.15) is 13.8 Å². The van der Waals surface area contributed by atoms with Crippen molar-refractivity contribution in [3.05, 3.63) is 50.2 Å². The van der Waals surface area contributed by atoms with E-state index in [0.717, 1.165) is 58.8 Å². The third-order valence-corrected chi connectivity index (χ3v) is 5.49. The van der Waals surface area contributed by atoms with E-state index in [4.69, 9.17) is 9.47 Å². The predicted molar refractivity (Wildman–Crippen MR) is 127 cm³/mol. The fourth-order valence-corrected chi connectivity index (χ4v) is 3.34. The number of hydrogen-bond acceptors (Lipinski definition) is 6. The second-order valence-corrected chi connectivity index (χ2v) is 9.29. The summed E-state index contributed by atoms with van der Waals surface area (Å²) in [7, 11) is 0. The molecule has 2 atom stereocenters. The van der Waals surface area contributed by atoms with E-state index in [1.165, 1.54) is 0 Å². The van der Waals surface area contributed by atoms with Crippen LogP contribution in [0.5, 0.6) is 0 Å². The molecule has 2 saturated heterocycles. The molecule has 0 bridgehead atoms. The van der Waals surface area contributed by atoms with E-state index in [1.54, 1.807) is 6.20 Å². The topological polar surface area (TPSA) is 59.5 Å². The van der Waals surface area contributed by atoms with E-state index < -0.39 is 0 Å². The van der Waals surface area contributed by atoms with Crippen molar-refractivity contribution in [2.45, 2.75) is 26.1 Å². The number of ether oxygens (including phenoxy) is 2. The van der Waals surface area contributed by atoms with Crippen LogP contribution < -0.4 is 10.2 Å². The third-order valence-electron chi connectivity index (χ3n) is 4.08. The van der Waals surface area contributed by atoms with E-state index in [1.807, 2.05) is 30.5 Å². The second kappa shape index (κ2) is 13.7. The highest BCUT2D eigenvalue weighted by atomic mass is 79.9. The highest BCUT2D eigenvalue weighted by molar-refractivity contribution is 9.11. The molecule has 0 radical (unpaired) electrons. The maximum absolute atomic E-state index is 5.47. The summed E-state index contributed by atoms with van der Waals surface area (Å²) in [6.45, 7) is 9.72. The van der Waals surface area contributed by atoms with Crippen LogP contribution in [-0.4, -0.2) is 61.6 Å². The Labute approximate surface area is 198 Å². The summed E-state index contributed by atoms with van der Waals surface area (Å²) in [5.74, 6) is 1.03. The van der Waals surface area contributed by atoms with Gasteiger partial charge in [0, 0.05) is 47.5 Å². The Morgan fingerprint density at radius 2 is 1.62 bits per heavy atom. The van der Waals surface area contributed by atoms with Gasteiger partial charge in [-0.25, -0.2) is 9.97 Å². The average Bonchev–Trinajstić information content (AvgIpc) is 2.72. The molecule has 2 fully saturated rings. The minimum atomic E-state index is 0.300. The largest absolute Gasteiger partial charge is 0.376 e. The summed E-state index contributed by atoms with van der Waals surface area (Å²) in [6.07, 6.45) is 4.29. The fraction of sp³-hybridized carbons (Fsp3) is 0.500. The Hall–Kier alpha value is -0.580. The standard InChI is InChI=1S/C10H13BrN2O.C5H3Br2N.C5H11NO/c1-8-7-13(4-5-14-8)10-3-2-9(11)6-12-10;6-4-1-2-5(7)8-3-4;1-5-4-6-2-3-7-5/h2-3,6,8H,4-5,7H2,1H3;1-3H;5-6H,2-4H2,1H3/t8-;;5-/m0.0/s1. The molecule has 0 spiro atoms. The lowest BCUT2D eigenvalue weighted by atomic mass is 10.3. The Kier molecular flexibility index (Phi) is 11.6. The number of rotatable bonds is 1. The summed E-state index contributed by atoms with van der Waals surface area (Å²) in [6, 6.07) is 7.85. The van der Waals surface area contributed by atoms with Gasteiger partial charge in [-0.15, -0.1) is 0 Å². The van der Waals surface area contributed by atoms with Crippen molar-refractivity contribution in [2.24, 2.45) is 0 Å². The van der Waals surface area contributed by atoms with Crippen LogP contribution in [0.25, 0.3) is 0 Å². The minimum absolute atomic E-state index is 0.300. The molecule has 2 aliphatic heterocycles. The van der Waals surface area contributed by atoms with E-state index in [9.17, 15) is 0 Å². The van der Waals surface area contributed by atoms with Crippen molar-refractivity contribution in [1.29, 1.82) is 0 Å². The van der Waals surface area contributed by atoms with Gasteiger partial charge in [-0.3, -0.25) is 0 Å². The van der Waals surface area contributed by atoms with Gasteiger partial charge < -0.3 is 19.7 Å². The minimum Gasteiger partial charge on any atom is -0.376 e. The van der Waals surface area contributed by atoms with Crippen LogP contribution in [0.15, 0.2) is 50.2 Å². The van der Waals surface area contributed by atoms with Gasteiger partial charge in [-0.05, 0) is 85.9 Å². The first kappa shape index (κ1) is 24.7. The van der Waals surface area contributed by atoms with Gasteiger partial charge in [0.25, 0.3) is 0 Å². The summed E-state index contributed by atoms with van der Waals surface area (Å²) in [4.78, 5) is 10.6. The Morgan fingerprint density at radius 3 is 2.07 bits per heavy atom. The normalized spacial score (nSPS) is 21.3. The molecule has 0 saturated carbocycles. The summed E-state index contributed by atoms with van der Waals surface area (Å²) in [5.41, 5.74) is 0. The lowest BCUT2D eigenvalue weighted by molar-refractivity contribution is 0.0410. The van der Waals surface area contributed by atoms with E-state index in [0.29, 0.717) is 12.2 Å². The smallest absolute Gasteiger partial charge is 0.128 e. The van der Waals surface area contributed by atoms with Crippen molar-refractivity contribution in [3.63, 3.8) is 0 Å². The molecule has 4 rings (SSSR count). The second-order valence-electron chi connectivity index (χ2n) is 6.65. The first-order chi connectivity index (χ1) is 13.9. The van der Waals surface area contributed by atoms with Crippen molar-refractivity contribution < 1.29 is 9.47 Å². The van der Waals surface area contributed by atoms with Crippen molar-refractivity contribution in [2.75, 3.05) is 44.3 Å². The summed E-state index contributed by atoms with van der Waals surface area (Å²) < 4.78 is 13.6. The maximum atomic E-state index is 5.47. The molecule has 2 aromatic rings. The number of hydrogen-bond donors (Lipinski definition) is 1. The number of nitrogens with one attached hydrogen (secondary N) is 1. The van der Waals surface area contributed by atoms with Gasteiger partial charge in [0.2, 0.25) is 0 Å². The first-order valence-corrected chi connectivity index (χ1v) is 11.9. The zero-order valence-corrected chi connectivity index (χ0v) is 21.4. The van der Waals surface area contributed by atoms with Crippen LogP contribution in [0.4, 0.5) is 5.82 Å². The number of halogens is 3. The zero-order valence-electron chi connectivity index (χ0n) is 16.7. The van der Waals surface area contributed by atoms with Gasteiger partial charge >= 0.3 is 0 Å². The zero-order chi connectivity index (χ0) is 21.1. The third kappa shape index (κ3) is 10.3. The molecule has 29 heavy (non-hydrogen) atoms. The molecule has 6 nitrogen and oxygen atoms in total. The van der Waals surface area contributed by atoms with Crippen LogP contribution in [0, 0.1) is 0 Å². The lowest BCUT2D eigenvalue weighted by Crippen LogP contribution is -2.41. The number of anilines is 1. The molecule has 2 aromatic heterocycles. The molecule has 0 unspecified atom stereocenters. The molecular weight excluding hydrogens is 568 g/mol. The van der Waals surface area contributed by atoms with Crippen LogP contribution in [0.3, 0.4) is 0 Å². The number of morpholine rings is 2. The van der Waals surface area contributed by atoms with Crippen LogP contribution >= 0.6 is 47.8 Å². The Balaban J connectivity index is 0.000000170. The van der Waals surface area contributed by atoms with Gasteiger partial charge in [-0.2, -0.15) is 0 Å². The number of pyridine rings is 2. The molecule has 0 aliphatic carbocycles. The van der Waals surface area contributed by atoms with E-state index in [-0.39, 0.29) is 0 Å². The molecular formula is C20H27Br3N4O2. The number of nitrogens with zero attached hydrogens (tertiary/aromatic N) is 3. The highest BCUT2D eigenvalue weighted by Gasteiger charge is 2.17. The SMILES string of the molecule is Brc1ccc(Br)nc1.C[C@H]1CN(c2ccc(Br)cn2)CCO1.C[C@H]1CNCCO1. The fourth-order valence-electron chi connectivity index (χ4n) is 2.64. The molecule has 0 amide bonds. The van der Waals surface area contributed by atoms with Crippen LogP contribution in [-0.2, 0) is 9.47 Å². The molecule has 0 aromatic carbocycles. The Bertz CT molecular complexity index is 677. The highest BCUT2D eigenvalue weighted by Crippen LogP contribution is 2.17. The van der Waals surface area contributed by atoms with Crippen LogP contribution in [0.2, 0.25) is 0 Å². The summed E-state index contributed by atoms with van der Waals surface area (Å²) in [5, 5.41) is 3.21. The number of aromatic nitrogens is 2.